The van der Waals surface area contributed by atoms with Crippen LogP contribution >= 0.6 is 11.6 Å². The third kappa shape index (κ3) is 1.64. The zero-order valence-electron chi connectivity index (χ0n) is 9.57. The van der Waals surface area contributed by atoms with Crippen LogP contribution < -0.4 is 0 Å². The first-order chi connectivity index (χ1) is 8.66. The molecule has 4 heteroatoms. The number of carbonyl (C=O) groups is 1. The minimum Gasteiger partial charge on any atom is -0.460 e. The summed E-state index contributed by atoms with van der Waals surface area (Å²) >= 11 is 6.00. The van der Waals surface area contributed by atoms with E-state index < -0.39 is 0 Å². The molecule has 1 aromatic carbocycles. The lowest BCUT2D eigenvalue weighted by atomic mass is 10.1. The van der Waals surface area contributed by atoms with Gasteiger partial charge < -0.3 is 8.83 Å². The Morgan fingerprint density at radius 3 is 2.78 bits per heavy atom. The van der Waals surface area contributed by atoms with Gasteiger partial charge in [-0.2, -0.15) is 0 Å². The fraction of sp³-hybridized carbons (Fsp3) is 0.0714. The number of fused-ring (bicyclic) bond motifs is 1. The van der Waals surface area contributed by atoms with E-state index in [1.807, 2.05) is 19.1 Å². The van der Waals surface area contributed by atoms with Crippen LogP contribution in [0, 0.1) is 6.92 Å². The van der Waals surface area contributed by atoms with Gasteiger partial charge in [-0.3, -0.25) is 4.79 Å². The van der Waals surface area contributed by atoms with Crippen LogP contribution in [-0.2, 0) is 0 Å². The predicted octanol–water partition coefficient (Wildman–Crippen LogP) is 4.22. The smallest absolute Gasteiger partial charge is 0.263 e. The molecule has 3 rings (SSSR count). The summed E-state index contributed by atoms with van der Waals surface area (Å²) < 4.78 is 10.7. The van der Waals surface area contributed by atoms with Crippen molar-refractivity contribution < 1.29 is 13.6 Å². The van der Waals surface area contributed by atoms with Crippen LogP contribution in [0.5, 0.6) is 0 Å². The van der Waals surface area contributed by atoms with Crippen LogP contribution in [0.2, 0.25) is 5.02 Å². The summed E-state index contributed by atoms with van der Waals surface area (Å²) in [7, 11) is 0. The molecule has 3 aromatic rings. The summed E-state index contributed by atoms with van der Waals surface area (Å²) in [6, 6.07) is 8.79. The lowest BCUT2D eigenvalue weighted by molar-refractivity contribution is 0.0984. The highest BCUT2D eigenvalue weighted by atomic mass is 35.5. The Balaban J connectivity index is 2.13. The average molecular weight is 261 g/mol. The molecule has 0 aliphatic rings. The second-order valence-electron chi connectivity index (χ2n) is 4.03. The van der Waals surface area contributed by atoms with Gasteiger partial charge in [0.25, 0.3) is 5.78 Å². The van der Waals surface area contributed by atoms with Crippen LogP contribution in [0.3, 0.4) is 0 Å². The highest BCUT2D eigenvalue weighted by Crippen LogP contribution is 2.28. The van der Waals surface area contributed by atoms with E-state index in [0.29, 0.717) is 16.4 Å². The quantitative estimate of drug-likeness (QED) is 0.648. The molecule has 2 heterocycles. The average Bonchev–Trinajstić information content (AvgIpc) is 2.95. The molecule has 0 amide bonds. The SMILES string of the molecule is Cc1ccoc1C(=O)c1cc2cccc(Cl)c2o1. The predicted molar refractivity (Wildman–Crippen MR) is 68.1 cm³/mol. The Morgan fingerprint density at radius 1 is 1.28 bits per heavy atom. The standard InChI is InChI=1S/C14H9ClO3/c1-8-5-6-17-13(8)12(16)11-7-9-3-2-4-10(15)14(9)18-11/h2-7H,1H3. The molecule has 3 nitrogen and oxygen atoms in total. The molecule has 0 saturated heterocycles. The lowest BCUT2D eigenvalue weighted by Gasteiger charge is -1.94. The molecule has 0 bridgehead atoms. The van der Waals surface area contributed by atoms with Crippen molar-refractivity contribution in [2.24, 2.45) is 0 Å². The van der Waals surface area contributed by atoms with Crippen molar-refractivity contribution in [3.8, 4) is 0 Å². The van der Waals surface area contributed by atoms with Gasteiger partial charge in [0.2, 0.25) is 0 Å². The van der Waals surface area contributed by atoms with E-state index in [9.17, 15) is 4.79 Å². The van der Waals surface area contributed by atoms with Crippen LogP contribution in [-0.4, -0.2) is 5.78 Å². The Bertz CT molecular complexity index is 736. The molecule has 0 spiro atoms. The van der Waals surface area contributed by atoms with Gasteiger partial charge in [0.15, 0.2) is 17.1 Å². The van der Waals surface area contributed by atoms with Crippen molar-refractivity contribution in [3.05, 3.63) is 58.7 Å². The zero-order valence-corrected chi connectivity index (χ0v) is 10.3. The molecule has 0 saturated carbocycles. The van der Waals surface area contributed by atoms with Gasteiger partial charge in [-0.25, -0.2) is 0 Å². The molecule has 0 fully saturated rings. The second kappa shape index (κ2) is 4.03. The molecular weight excluding hydrogens is 252 g/mol. The molecular formula is C14H9ClO3. The van der Waals surface area contributed by atoms with E-state index in [-0.39, 0.29) is 11.5 Å². The minimum atomic E-state index is -0.273. The Hall–Kier alpha value is -2.00. The van der Waals surface area contributed by atoms with Crippen molar-refractivity contribution in [2.75, 3.05) is 0 Å². The highest BCUT2D eigenvalue weighted by Gasteiger charge is 2.20. The number of hydrogen-bond donors (Lipinski definition) is 0. The van der Waals surface area contributed by atoms with Crippen molar-refractivity contribution >= 4 is 28.4 Å². The maximum Gasteiger partial charge on any atom is 0.263 e. The number of carbonyl (C=O) groups excluding carboxylic acids is 1. The number of ketones is 1. The summed E-state index contributed by atoms with van der Waals surface area (Å²) in [5, 5.41) is 1.29. The molecule has 90 valence electrons. The summed E-state index contributed by atoms with van der Waals surface area (Å²) in [4.78, 5) is 12.2. The Kier molecular flexibility index (Phi) is 2.49. The number of hydrogen-bond acceptors (Lipinski definition) is 3. The first kappa shape index (κ1) is 11.1. The highest BCUT2D eigenvalue weighted by molar-refractivity contribution is 6.35. The molecule has 0 atom stereocenters. The Morgan fingerprint density at radius 2 is 2.11 bits per heavy atom. The van der Waals surface area contributed by atoms with E-state index in [1.165, 1.54) is 6.26 Å². The maximum absolute atomic E-state index is 12.2. The van der Waals surface area contributed by atoms with Gasteiger partial charge in [-0.05, 0) is 30.7 Å². The van der Waals surface area contributed by atoms with Crippen LogP contribution in [0.1, 0.15) is 21.9 Å². The van der Waals surface area contributed by atoms with Gasteiger partial charge in [-0.15, -0.1) is 0 Å². The fourth-order valence-corrected chi connectivity index (χ4v) is 2.08. The van der Waals surface area contributed by atoms with Crippen molar-refractivity contribution in [1.82, 2.24) is 0 Å². The Labute approximate surface area is 108 Å². The number of aryl methyl sites for hydroxylation is 1. The number of para-hydroxylation sites is 1. The van der Waals surface area contributed by atoms with Gasteiger partial charge in [0, 0.05) is 5.39 Å². The number of benzene rings is 1. The van der Waals surface area contributed by atoms with Crippen molar-refractivity contribution in [1.29, 1.82) is 0 Å². The van der Waals surface area contributed by atoms with Gasteiger partial charge in [0.1, 0.15) is 0 Å². The van der Waals surface area contributed by atoms with Gasteiger partial charge in [0.05, 0.1) is 11.3 Å². The monoisotopic (exact) mass is 260 g/mol. The summed E-state index contributed by atoms with van der Waals surface area (Å²) in [5.41, 5.74) is 1.30. The molecule has 0 aliphatic heterocycles. The first-order valence-electron chi connectivity index (χ1n) is 5.43. The topological polar surface area (TPSA) is 43.4 Å². The van der Waals surface area contributed by atoms with Crippen LogP contribution in [0.4, 0.5) is 0 Å². The van der Waals surface area contributed by atoms with E-state index in [1.54, 1.807) is 18.2 Å². The molecule has 0 unspecified atom stereocenters. The fourth-order valence-electron chi connectivity index (χ4n) is 1.86. The van der Waals surface area contributed by atoms with E-state index in [0.717, 1.165) is 10.9 Å². The molecule has 0 aliphatic carbocycles. The summed E-state index contributed by atoms with van der Waals surface area (Å²) in [6.07, 6.45) is 1.48. The van der Waals surface area contributed by atoms with E-state index >= 15 is 0 Å². The molecule has 0 N–H and O–H groups in total. The first-order valence-corrected chi connectivity index (χ1v) is 5.81. The normalized spacial score (nSPS) is 11.0. The van der Waals surface area contributed by atoms with Crippen LogP contribution in [0.25, 0.3) is 11.0 Å². The molecule has 18 heavy (non-hydrogen) atoms. The van der Waals surface area contributed by atoms with Crippen molar-refractivity contribution in [2.45, 2.75) is 6.92 Å². The minimum absolute atomic E-state index is 0.233. The largest absolute Gasteiger partial charge is 0.460 e. The third-order valence-electron chi connectivity index (χ3n) is 2.79. The number of furan rings is 2. The summed E-state index contributed by atoms with van der Waals surface area (Å²) in [6.45, 7) is 1.81. The van der Waals surface area contributed by atoms with Gasteiger partial charge >= 0.3 is 0 Å². The van der Waals surface area contributed by atoms with Crippen LogP contribution in [0.15, 0.2) is 45.4 Å². The summed E-state index contributed by atoms with van der Waals surface area (Å²) in [5.74, 6) is 0.256. The number of halogens is 1. The third-order valence-corrected chi connectivity index (χ3v) is 3.09. The van der Waals surface area contributed by atoms with Crippen molar-refractivity contribution in [3.63, 3.8) is 0 Å². The molecule has 0 radical (unpaired) electrons. The van der Waals surface area contributed by atoms with Gasteiger partial charge in [-0.1, -0.05) is 23.7 Å². The molecule has 2 aromatic heterocycles. The lowest BCUT2D eigenvalue weighted by Crippen LogP contribution is -1.99. The van der Waals surface area contributed by atoms with E-state index in [2.05, 4.69) is 0 Å². The number of rotatable bonds is 2. The zero-order chi connectivity index (χ0) is 12.7. The maximum atomic E-state index is 12.2. The second-order valence-corrected chi connectivity index (χ2v) is 4.44. The van der Waals surface area contributed by atoms with E-state index in [4.69, 9.17) is 20.4 Å².